The molecule has 1 N–H and O–H groups in total. The number of ether oxygens (including phenoxy) is 1. The molecule has 0 radical (unpaired) electrons. The Hall–Kier alpha value is -0.630. The van der Waals surface area contributed by atoms with E-state index in [0.29, 0.717) is 18.1 Å². The quantitative estimate of drug-likeness (QED) is 0.637. The standard InChI is InChI=1S/C17H33N3O/c1-6-16(7-2)20(10-11-21-5)14(3)12-17(4,13-18)19-15-8-9-15/h14-16,19H,6-12H2,1-5H3. The van der Waals surface area contributed by atoms with Crippen molar-refractivity contribution in [2.75, 3.05) is 20.3 Å². The van der Waals surface area contributed by atoms with Crippen molar-refractivity contribution in [2.45, 2.75) is 83.5 Å². The molecule has 1 aliphatic rings. The number of nitriles is 1. The highest BCUT2D eigenvalue weighted by Gasteiger charge is 2.35. The van der Waals surface area contributed by atoms with E-state index in [2.05, 4.69) is 37.1 Å². The lowest BCUT2D eigenvalue weighted by molar-refractivity contribution is 0.0744. The second-order valence-electron chi connectivity index (χ2n) is 6.62. The van der Waals surface area contributed by atoms with Gasteiger partial charge in [-0.2, -0.15) is 5.26 Å². The minimum Gasteiger partial charge on any atom is -0.383 e. The summed E-state index contributed by atoms with van der Waals surface area (Å²) >= 11 is 0. The lowest BCUT2D eigenvalue weighted by atomic mass is 9.93. The van der Waals surface area contributed by atoms with E-state index in [0.717, 1.165) is 32.4 Å². The lowest BCUT2D eigenvalue weighted by Gasteiger charge is -2.38. The molecule has 21 heavy (non-hydrogen) atoms. The van der Waals surface area contributed by atoms with Crippen molar-refractivity contribution in [2.24, 2.45) is 0 Å². The molecular formula is C17H33N3O. The molecule has 2 atom stereocenters. The van der Waals surface area contributed by atoms with Crippen LogP contribution in [0, 0.1) is 11.3 Å². The first kappa shape index (κ1) is 18.4. The average molecular weight is 295 g/mol. The molecule has 0 spiro atoms. The zero-order valence-corrected chi connectivity index (χ0v) is 14.5. The van der Waals surface area contributed by atoms with Gasteiger partial charge in [-0.3, -0.25) is 10.2 Å². The summed E-state index contributed by atoms with van der Waals surface area (Å²) in [5.41, 5.74) is -0.419. The second kappa shape index (κ2) is 8.73. The first-order chi connectivity index (χ1) is 9.99. The molecule has 122 valence electrons. The molecule has 1 fully saturated rings. The van der Waals surface area contributed by atoms with Gasteiger partial charge in [0.05, 0.1) is 12.7 Å². The molecule has 4 nitrogen and oxygen atoms in total. The molecule has 1 aliphatic carbocycles. The van der Waals surface area contributed by atoms with Crippen LogP contribution in [0.5, 0.6) is 0 Å². The predicted octanol–water partition coefficient (Wildman–Crippen LogP) is 2.94. The van der Waals surface area contributed by atoms with Crippen molar-refractivity contribution in [3.63, 3.8) is 0 Å². The Morgan fingerprint density at radius 2 is 2.00 bits per heavy atom. The molecule has 1 rings (SSSR count). The number of nitrogens with zero attached hydrogens (tertiary/aromatic N) is 2. The van der Waals surface area contributed by atoms with Gasteiger partial charge in [0, 0.05) is 31.8 Å². The van der Waals surface area contributed by atoms with Crippen LogP contribution in [-0.4, -0.2) is 48.8 Å². The van der Waals surface area contributed by atoms with Crippen LogP contribution < -0.4 is 5.32 Å². The van der Waals surface area contributed by atoms with E-state index < -0.39 is 5.54 Å². The topological polar surface area (TPSA) is 48.3 Å². The Morgan fingerprint density at radius 3 is 2.43 bits per heavy atom. The van der Waals surface area contributed by atoms with Gasteiger partial charge in [0.15, 0.2) is 0 Å². The van der Waals surface area contributed by atoms with Crippen molar-refractivity contribution >= 4 is 0 Å². The number of methoxy groups -OCH3 is 1. The molecule has 4 heteroatoms. The van der Waals surface area contributed by atoms with E-state index in [4.69, 9.17) is 4.74 Å². The van der Waals surface area contributed by atoms with Crippen molar-refractivity contribution in [1.29, 1.82) is 5.26 Å². The van der Waals surface area contributed by atoms with Crippen molar-refractivity contribution < 1.29 is 4.74 Å². The second-order valence-corrected chi connectivity index (χ2v) is 6.62. The number of nitrogens with one attached hydrogen (secondary N) is 1. The summed E-state index contributed by atoms with van der Waals surface area (Å²) in [7, 11) is 1.75. The normalized spacial score (nSPS) is 19.5. The van der Waals surface area contributed by atoms with Crippen LogP contribution in [0.4, 0.5) is 0 Å². The fraction of sp³-hybridized carbons (Fsp3) is 0.941. The van der Waals surface area contributed by atoms with E-state index in [-0.39, 0.29) is 0 Å². The van der Waals surface area contributed by atoms with E-state index >= 15 is 0 Å². The summed E-state index contributed by atoms with van der Waals surface area (Å²) in [6.45, 7) is 10.5. The van der Waals surface area contributed by atoms with Gasteiger partial charge in [-0.25, -0.2) is 0 Å². The van der Waals surface area contributed by atoms with Gasteiger partial charge >= 0.3 is 0 Å². The molecule has 0 aliphatic heterocycles. The molecule has 0 bridgehead atoms. The van der Waals surface area contributed by atoms with E-state index in [1.54, 1.807) is 7.11 Å². The van der Waals surface area contributed by atoms with Gasteiger partial charge in [0.2, 0.25) is 0 Å². The Balaban J connectivity index is 2.68. The van der Waals surface area contributed by atoms with E-state index in [1.165, 1.54) is 12.8 Å². The number of hydrogen-bond donors (Lipinski definition) is 1. The fourth-order valence-electron chi connectivity index (χ4n) is 3.24. The minimum atomic E-state index is -0.419. The summed E-state index contributed by atoms with van der Waals surface area (Å²) < 4.78 is 5.27. The van der Waals surface area contributed by atoms with Crippen molar-refractivity contribution in [1.82, 2.24) is 10.2 Å². The van der Waals surface area contributed by atoms with Crippen molar-refractivity contribution in [3.8, 4) is 6.07 Å². The molecule has 0 aromatic rings. The first-order valence-corrected chi connectivity index (χ1v) is 8.43. The molecule has 1 saturated carbocycles. The van der Waals surface area contributed by atoms with E-state index in [1.807, 2.05) is 6.92 Å². The van der Waals surface area contributed by atoms with Crippen LogP contribution in [-0.2, 0) is 4.74 Å². The maximum absolute atomic E-state index is 9.57. The fourth-order valence-corrected chi connectivity index (χ4v) is 3.24. The average Bonchev–Trinajstić information content (AvgIpc) is 3.26. The summed E-state index contributed by atoms with van der Waals surface area (Å²) in [5.74, 6) is 0. The summed E-state index contributed by atoms with van der Waals surface area (Å²) in [4.78, 5) is 2.52. The van der Waals surface area contributed by atoms with Crippen LogP contribution in [0.25, 0.3) is 0 Å². The third-order valence-electron chi connectivity index (χ3n) is 4.58. The smallest absolute Gasteiger partial charge is 0.105 e. The Kier molecular flexibility index (Phi) is 7.65. The summed E-state index contributed by atoms with van der Waals surface area (Å²) in [6.07, 6.45) is 5.57. The summed E-state index contributed by atoms with van der Waals surface area (Å²) in [5, 5.41) is 13.1. The van der Waals surface area contributed by atoms with Gasteiger partial charge in [-0.1, -0.05) is 13.8 Å². The molecule has 0 aromatic heterocycles. The highest BCUT2D eigenvalue weighted by molar-refractivity contribution is 5.08. The molecule has 2 unspecified atom stereocenters. The minimum absolute atomic E-state index is 0.376. The lowest BCUT2D eigenvalue weighted by Crippen LogP contribution is -2.51. The van der Waals surface area contributed by atoms with Crippen molar-refractivity contribution in [3.05, 3.63) is 0 Å². The number of hydrogen-bond acceptors (Lipinski definition) is 4. The first-order valence-electron chi connectivity index (χ1n) is 8.43. The Labute approximate surface area is 130 Å². The van der Waals surface area contributed by atoms with Gasteiger partial charge in [-0.05, 0) is 46.0 Å². The van der Waals surface area contributed by atoms with Gasteiger partial charge in [0.1, 0.15) is 5.54 Å². The zero-order valence-electron chi connectivity index (χ0n) is 14.5. The van der Waals surface area contributed by atoms with Crippen LogP contribution in [0.15, 0.2) is 0 Å². The van der Waals surface area contributed by atoms with Crippen LogP contribution in [0.1, 0.15) is 59.8 Å². The zero-order chi connectivity index (χ0) is 15.9. The monoisotopic (exact) mass is 295 g/mol. The van der Waals surface area contributed by atoms with Crippen LogP contribution in [0.2, 0.25) is 0 Å². The van der Waals surface area contributed by atoms with Gasteiger partial charge < -0.3 is 4.74 Å². The molecule has 0 saturated heterocycles. The maximum atomic E-state index is 9.57. The molecular weight excluding hydrogens is 262 g/mol. The maximum Gasteiger partial charge on any atom is 0.105 e. The Bertz CT molecular complexity index is 333. The highest BCUT2D eigenvalue weighted by atomic mass is 16.5. The van der Waals surface area contributed by atoms with Gasteiger partial charge in [-0.15, -0.1) is 0 Å². The van der Waals surface area contributed by atoms with Crippen LogP contribution in [0.3, 0.4) is 0 Å². The molecule has 0 amide bonds. The van der Waals surface area contributed by atoms with Crippen LogP contribution >= 0.6 is 0 Å². The predicted molar refractivity (Wildman–Crippen MR) is 87.2 cm³/mol. The summed E-state index contributed by atoms with van der Waals surface area (Å²) in [6, 6.07) is 4.00. The third kappa shape index (κ3) is 5.94. The SMILES string of the molecule is CCC(CC)N(CCOC)C(C)CC(C)(C#N)NC1CC1. The third-order valence-corrected chi connectivity index (χ3v) is 4.58. The van der Waals surface area contributed by atoms with E-state index in [9.17, 15) is 5.26 Å². The van der Waals surface area contributed by atoms with Gasteiger partial charge in [0.25, 0.3) is 0 Å². The largest absolute Gasteiger partial charge is 0.383 e. The highest BCUT2D eigenvalue weighted by Crippen LogP contribution is 2.26. The Morgan fingerprint density at radius 1 is 1.38 bits per heavy atom. The number of rotatable bonds is 11. The molecule has 0 aromatic carbocycles. The molecule has 0 heterocycles.